The number of benzene rings is 1. The lowest BCUT2D eigenvalue weighted by Crippen LogP contribution is -2.31. The van der Waals surface area contributed by atoms with E-state index in [0.29, 0.717) is 8.58 Å². The summed E-state index contributed by atoms with van der Waals surface area (Å²) in [6, 6.07) is 3.36. The van der Waals surface area contributed by atoms with Crippen molar-refractivity contribution in [2.24, 2.45) is 0 Å². The molecule has 9 heteroatoms. The minimum atomic E-state index is -4.54. The van der Waals surface area contributed by atoms with E-state index in [1.807, 2.05) is 22.6 Å². The van der Waals surface area contributed by atoms with Crippen LogP contribution in [0.4, 0.5) is 22.7 Å². The van der Waals surface area contributed by atoms with Gasteiger partial charge in [-0.2, -0.15) is 13.2 Å². The van der Waals surface area contributed by atoms with Crippen LogP contribution < -0.4 is 10.5 Å². The number of hydrogen-bond donors (Lipinski definition) is 1. The van der Waals surface area contributed by atoms with Gasteiger partial charge in [-0.05, 0) is 41.6 Å². The molecule has 0 fully saturated rings. The molecule has 0 saturated carbocycles. The molecular weight excluding hydrogens is 423 g/mol. The highest BCUT2D eigenvalue weighted by Crippen LogP contribution is 2.38. The summed E-state index contributed by atoms with van der Waals surface area (Å²) in [7, 11) is 0. The predicted octanol–water partition coefficient (Wildman–Crippen LogP) is 4.47. The van der Waals surface area contributed by atoms with Crippen LogP contribution >= 0.6 is 33.9 Å². The molecule has 1 aromatic heterocycles. The van der Waals surface area contributed by atoms with Crippen LogP contribution in [0.3, 0.4) is 0 Å². The molecule has 0 aliphatic rings. The number of thiazole rings is 1. The molecule has 0 aliphatic heterocycles. The summed E-state index contributed by atoms with van der Waals surface area (Å²) in [5.41, 5.74) is 6.22. The van der Waals surface area contributed by atoms with Crippen LogP contribution in [0.5, 0.6) is 5.75 Å². The van der Waals surface area contributed by atoms with E-state index >= 15 is 0 Å². The van der Waals surface area contributed by atoms with E-state index in [4.69, 9.17) is 10.5 Å². The van der Waals surface area contributed by atoms with Gasteiger partial charge in [-0.3, -0.25) is 0 Å². The third kappa shape index (κ3) is 3.76. The molecule has 1 unspecified atom stereocenters. The Labute approximate surface area is 135 Å². The molecule has 2 N–H and O–H groups in total. The number of alkyl halides is 3. The lowest BCUT2D eigenvalue weighted by Gasteiger charge is -2.19. The molecule has 0 radical (unpaired) electrons. The Hall–Kier alpha value is -1.10. The maximum Gasteiger partial charge on any atom is 0.425 e. The Balaban J connectivity index is 2.46. The zero-order valence-corrected chi connectivity index (χ0v) is 13.5. The molecule has 0 bridgehead atoms. The summed E-state index contributed by atoms with van der Waals surface area (Å²) >= 11 is 3.15. The van der Waals surface area contributed by atoms with E-state index < -0.39 is 18.1 Å². The molecule has 1 aromatic carbocycles. The first-order valence-electron chi connectivity index (χ1n) is 5.63. The largest absolute Gasteiger partial charge is 0.480 e. The number of hydrogen-bond acceptors (Lipinski definition) is 4. The van der Waals surface area contributed by atoms with Gasteiger partial charge >= 0.3 is 6.18 Å². The van der Waals surface area contributed by atoms with Crippen molar-refractivity contribution in [3.8, 4) is 17.0 Å². The molecule has 1 atom stereocenters. The van der Waals surface area contributed by atoms with Crippen molar-refractivity contribution < 1.29 is 22.3 Å². The summed E-state index contributed by atoms with van der Waals surface area (Å²) in [6.07, 6.45) is -6.61. The second kappa shape index (κ2) is 5.95. The maximum absolute atomic E-state index is 13.3. The fraction of sp³-hybridized carbons (Fsp3) is 0.250. The van der Waals surface area contributed by atoms with Crippen molar-refractivity contribution in [1.82, 2.24) is 4.98 Å². The molecular formula is C12H9F4IN2OS. The molecule has 0 saturated heterocycles. The number of rotatable bonds is 3. The molecule has 1 heterocycles. The molecule has 2 aromatic rings. The Kier molecular flexibility index (Phi) is 4.61. The van der Waals surface area contributed by atoms with Gasteiger partial charge < -0.3 is 10.5 Å². The Morgan fingerprint density at radius 3 is 2.57 bits per heavy atom. The van der Waals surface area contributed by atoms with Gasteiger partial charge in [0, 0.05) is 11.6 Å². The number of nitrogen functional groups attached to an aromatic ring is 1. The van der Waals surface area contributed by atoms with Gasteiger partial charge in [0.1, 0.15) is 17.3 Å². The van der Waals surface area contributed by atoms with Gasteiger partial charge in [-0.1, -0.05) is 11.3 Å². The van der Waals surface area contributed by atoms with Gasteiger partial charge in [0.15, 0.2) is 11.2 Å². The standard InChI is InChI=1S/C12H9F4IN2OS/c1-5(12(14,15)16)20-8-4-6(13)2-3-7(8)9-10(17)21-11(18)19-9/h2-5H,1H3,(H2,18,19). The highest BCUT2D eigenvalue weighted by molar-refractivity contribution is 14.1. The first-order valence-corrected chi connectivity index (χ1v) is 7.53. The monoisotopic (exact) mass is 432 g/mol. The van der Waals surface area contributed by atoms with E-state index in [1.54, 1.807) is 0 Å². The van der Waals surface area contributed by atoms with E-state index in [2.05, 4.69) is 4.98 Å². The lowest BCUT2D eigenvalue weighted by atomic mass is 10.1. The summed E-state index contributed by atoms with van der Waals surface area (Å²) in [5, 5.41) is 0.272. The average Bonchev–Trinajstić information content (AvgIpc) is 2.67. The number of nitrogens with zero attached hydrogens (tertiary/aromatic N) is 1. The van der Waals surface area contributed by atoms with E-state index in [1.165, 1.54) is 17.4 Å². The second-order valence-corrected chi connectivity index (χ2v) is 6.96. The Morgan fingerprint density at radius 1 is 1.38 bits per heavy atom. The molecule has 0 amide bonds. The van der Waals surface area contributed by atoms with Crippen LogP contribution in [0, 0.1) is 8.70 Å². The first kappa shape index (κ1) is 16.3. The molecule has 0 aliphatic carbocycles. The normalized spacial score (nSPS) is 13.2. The minimum absolute atomic E-state index is 0.219. The van der Waals surface area contributed by atoms with Crippen molar-refractivity contribution in [1.29, 1.82) is 0 Å². The zero-order valence-electron chi connectivity index (χ0n) is 10.5. The van der Waals surface area contributed by atoms with Crippen LogP contribution in [0.15, 0.2) is 18.2 Å². The maximum atomic E-state index is 13.3. The fourth-order valence-corrected chi connectivity index (χ4v) is 3.19. The van der Waals surface area contributed by atoms with Gasteiger partial charge in [0.25, 0.3) is 0 Å². The van der Waals surface area contributed by atoms with Crippen LogP contribution in [-0.2, 0) is 0 Å². The number of nitrogens with two attached hydrogens (primary N) is 1. The van der Waals surface area contributed by atoms with E-state index in [9.17, 15) is 17.6 Å². The van der Waals surface area contributed by atoms with Crippen molar-refractivity contribution in [2.75, 3.05) is 5.73 Å². The summed E-state index contributed by atoms with van der Waals surface area (Å²) in [6.45, 7) is 0.856. The average molecular weight is 432 g/mol. The third-order valence-electron chi connectivity index (χ3n) is 2.57. The van der Waals surface area contributed by atoms with Crippen LogP contribution in [-0.4, -0.2) is 17.3 Å². The molecule has 0 spiro atoms. The quantitative estimate of drug-likeness (QED) is 0.576. The zero-order chi connectivity index (χ0) is 15.8. The molecule has 3 nitrogen and oxygen atoms in total. The fourth-order valence-electron chi connectivity index (χ4n) is 1.53. The van der Waals surface area contributed by atoms with Crippen molar-refractivity contribution in [2.45, 2.75) is 19.2 Å². The number of halogens is 5. The second-order valence-electron chi connectivity index (χ2n) is 4.12. The Bertz CT molecular complexity index is 659. The third-order valence-corrected chi connectivity index (χ3v) is 4.41. The van der Waals surface area contributed by atoms with Crippen molar-refractivity contribution in [3.05, 3.63) is 26.9 Å². The predicted molar refractivity (Wildman–Crippen MR) is 80.8 cm³/mol. The highest BCUT2D eigenvalue weighted by Gasteiger charge is 2.38. The van der Waals surface area contributed by atoms with Gasteiger partial charge in [0.2, 0.25) is 0 Å². The summed E-state index contributed by atoms with van der Waals surface area (Å²) in [5.74, 6) is -0.913. The molecule has 2 rings (SSSR count). The van der Waals surface area contributed by atoms with Crippen molar-refractivity contribution in [3.63, 3.8) is 0 Å². The Morgan fingerprint density at radius 2 is 2.05 bits per heavy atom. The number of ether oxygens (including phenoxy) is 1. The van der Waals surface area contributed by atoms with Gasteiger partial charge in [-0.15, -0.1) is 0 Å². The summed E-state index contributed by atoms with van der Waals surface area (Å²) < 4.78 is 56.7. The van der Waals surface area contributed by atoms with E-state index in [-0.39, 0.29) is 16.4 Å². The highest BCUT2D eigenvalue weighted by atomic mass is 127. The molecule has 114 valence electrons. The van der Waals surface area contributed by atoms with Crippen LogP contribution in [0.25, 0.3) is 11.3 Å². The topological polar surface area (TPSA) is 48.1 Å². The number of aromatic nitrogens is 1. The van der Waals surface area contributed by atoms with Crippen molar-refractivity contribution >= 4 is 39.1 Å². The van der Waals surface area contributed by atoms with Gasteiger partial charge in [-0.25, -0.2) is 9.37 Å². The van der Waals surface area contributed by atoms with Crippen LogP contribution in [0.1, 0.15) is 6.92 Å². The van der Waals surface area contributed by atoms with Gasteiger partial charge in [0.05, 0.1) is 2.88 Å². The lowest BCUT2D eigenvalue weighted by molar-refractivity contribution is -0.189. The minimum Gasteiger partial charge on any atom is -0.480 e. The van der Waals surface area contributed by atoms with Crippen LogP contribution in [0.2, 0.25) is 0 Å². The SMILES string of the molecule is CC(Oc1cc(F)ccc1-c1nc(N)sc1I)C(F)(F)F. The smallest absolute Gasteiger partial charge is 0.425 e. The first-order chi connectivity index (χ1) is 9.68. The van der Waals surface area contributed by atoms with E-state index in [0.717, 1.165) is 19.1 Å². The summed E-state index contributed by atoms with van der Waals surface area (Å²) in [4.78, 5) is 4.05. The molecule has 21 heavy (non-hydrogen) atoms. The number of anilines is 1.